The molecule has 8 heteroatoms. The van der Waals surface area contributed by atoms with E-state index in [2.05, 4.69) is 37.9 Å². The third-order valence-electron chi connectivity index (χ3n) is 6.15. The molecule has 0 saturated heterocycles. The number of pyridine rings is 1. The number of Topliss-reactive ketones (excluding diaryl/α,β-unsaturated/α-hetero) is 1. The van der Waals surface area contributed by atoms with Gasteiger partial charge in [-0.15, -0.1) is 0 Å². The van der Waals surface area contributed by atoms with Crippen molar-refractivity contribution in [3.05, 3.63) is 46.7 Å². The van der Waals surface area contributed by atoms with Gasteiger partial charge in [-0.25, -0.2) is 4.98 Å². The normalized spacial score (nSPS) is 18.4. The van der Waals surface area contributed by atoms with Gasteiger partial charge < -0.3 is 14.6 Å². The number of fused-ring (bicyclic) bond motifs is 1. The first kappa shape index (κ1) is 23.7. The van der Waals surface area contributed by atoms with Gasteiger partial charge in [0.25, 0.3) is 0 Å². The molecule has 2 heterocycles. The van der Waals surface area contributed by atoms with Crippen LogP contribution in [0.1, 0.15) is 62.0 Å². The quantitative estimate of drug-likeness (QED) is 0.289. The Morgan fingerprint density at radius 2 is 1.91 bits per heavy atom. The molecule has 4 rings (SSSR count). The van der Waals surface area contributed by atoms with Crippen LogP contribution in [0.5, 0.6) is 11.6 Å². The first-order valence-corrected chi connectivity index (χ1v) is 12.4. The molecule has 33 heavy (non-hydrogen) atoms. The highest BCUT2D eigenvalue weighted by Crippen LogP contribution is 2.34. The van der Waals surface area contributed by atoms with Gasteiger partial charge in [0.2, 0.25) is 5.88 Å². The number of ether oxygens (including phenoxy) is 2. The summed E-state index contributed by atoms with van der Waals surface area (Å²) in [5.74, 6) is 1.62. The SMILES string of the molecule is CC(=O)c1cccc(OCCCCOc2cc3nn([C@H]4CC[C@H](CO)CC4)cc3cc2Br)n1. The molecule has 1 saturated carbocycles. The minimum atomic E-state index is -0.0738. The molecule has 1 aromatic carbocycles. The maximum absolute atomic E-state index is 11.4. The van der Waals surface area contributed by atoms with E-state index in [4.69, 9.17) is 14.6 Å². The molecule has 0 spiro atoms. The standard InChI is InChI=1S/C25H30BrN3O4/c1-17(31)22-5-4-6-25(27-22)33-12-3-2-11-32-24-14-23-19(13-21(24)26)15-29(28-23)20-9-7-18(16-30)8-10-20/h4-6,13-15,18,20,30H,2-3,7-12,16H2,1H3/t18-,20-. The highest BCUT2D eigenvalue weighted by atomic mass is 79.9. The van der Waals surface area contributed by atoms with Crippen LogP contribution in [-0.4, -0.2) is 45.5 Å². The van der Waals surface area contributed by atoms with E-state index in [1.165, 1.54) is 6.92 Å². The fraction of sp³-hybridized carbons (Fsp3) is 0.480. The Kier molecular flexibility index (Phi) is 7.98. The van der Waals surface area contributed by atoms with E-state index >= 15 is 0 Å². The number of benzene rings is 1. The van der Waals surface area contributed by atoms with Crippen LogP contribution < -0.4 is 9.47 Å². The number of hydrogen-bond acceptors (Lipinski definition) is 6. The van der Waals surface area contributed by atoms with Crippen LogP contribution in [0.4, 0.5) is 0 Å². The lowest BCUT2D eigenvalue weighted by atomic mass is 9.87. The van der Waals surface area contributed by atoms with Crippen LogP contribution in [0.15, 0.2) is 41.0 Å². The van der Waals surface area contributed by atoms with Crippen molar-refractivity contribution >= 4 is 32.6 Å². The number of hydrogen-bond donors (Lipinski definition) is 1. The lowest BCUT2D eigenvalue weighted by molar-refractivity contribution is 0.101. The maximum atomic E-state index is 11.4. The lowest BCUT2D eigenvalue weighted by Crippen LogP contribution is -2.20. The number of aliphatic hydroxyl groups excluding tert-OH is 1. The Balaban J connectivity index is 1.26. The van der Waals surface area contributed by atoms with Crippen LogP contribution in [0.25, 0.3) is 10.9 Å². The molecule has 7 nitrogen and oxygen atoms in total. The van der Waals surface area contributed by atoms with Crippen LogP contribution in [0.3, 0.4) is 0 Å². The van der Waals surface area contributed by atoms with Gasteiger partial charge >= 0.3 is 0 Å². The van der Waals surface area contributed by atoms with Crippen molar-refractivity contribution in [3.8, 4) is 11.6 Å². The molecular formula is C25H30BrN3O4. The van der Waals surface area contributed by atoms with Crippen molar-refractivity contribution in [2.75, 3.05) is 19.8 Å². The number of unbranched alkanes of at least 4 members (excludes halogenated alkanes) is 1. The van der Waals surface area contributed by atoms with Crippen molar-refractivity contribution < 1.29 is 19.4 Å². The van der Waals surface area contributed by atoms with Crippen LogP contribution in [0, 0.1) is 5.92 Å². The summed E-state index contributed by atoms with van der Waals surface area (Å²) >= 11 is 3.62. The fourth-order valence-corrected chi connectivity index (χ4v) is 4.66. The van der Waals surface area contributed by atoms with Gasteiger partial charge in [-0.3, -0.25) is 9.48 Å². The van der Waals surface area contributed by atoms with Crippen molar-refractivity contribution in [2.24, 2.45) is 5.92 Å². The molecule has 0 radical (unpaired) electrons. The Labute approximate surface area is 202 Å². The summed E-state index contributed by atoms with van der Waals surface area (Å²) in [5, 5.41) is 15.3. The summed E-state index contributed by atoms with van der Waals surface area (Å²) in [7, 11) is 0. The van der Waals surface area contributed by atoms with Gasteiger partial charge in [-0.2, -0.15) is 5.10 Å². The van der Waals surface area contributed by atoms with E-state index in [-0.39, 0.29) is 12.4 Å². The van der Waals surface area contributed by atoms with E-state index in [9.17, 15) is 9.90 Å². The number of carbonyl (C=O) groups excluding carboxylic acids is 1. The van der Waals surface area contributed by atoms with Crippen molar-refractivity contribution in [2.45, 2.75) is 51.5 Å². The Bertz CT molecular complexity index is 1090. The van der Waals surface area contributed by atoms with E-state index < -0.39 is 0 Å². The first-order valence-electron chi connectivity index (χ1n) is 11.6. The largest absolute Gasteiger partial charge is 0.492 e. The number of rotatable bonds is 10. The second-order valence-electron chi connectivity index (χ2n) is 8.63. The third-order valence-corrected chi connectivity index (χ3v) is 6.77. The average Bonchev–Trinajstić information content (AvgIpc) is 3.24. The van der Waals surface area contributed by atoms with Gasteiger partial charge in [-0.05, 0) is 72.5 Å². The molecule has 0 amide bonds. The molecular weight excluding hydrogens is 486 g/mol. The Morgan fingerprint density at radius 1 is 1.15 bits per heavy atom. The molecule has 1 aliphatic carbocycles. The summed E-state index contributed by atoms with van der Waals surface area (Å²) in [6.07, 6.45) is 7.98. The Morgan fingerprint density at radius 3 is 2.64 bits per heavy atom. The topological polar surface area (TPSA) is 86.5 Å². The highest BCUT2D eigenvalue weighted by molar-refractivity contribution is 9.10. The van der Waals surface area contributed by atoms with E-state index in [0.29, 0.717) is 36.7 Å². The molecule has 0 aliphatic heterocycles. The molecule has 1 N–H and O–H groups in total. The monoisotopic (exact) mass is 515 g/mol. The van der Waals surface area contributed by atoms with Crippen molar-refractivity contribution in [3.63, 3.8) is 0 Å². The summed E-state index contributed by atoms with van der Waals surface area (Å²) in [4.78, 5) is 15.6. The number of nitrogens with zero attached hydrogens (tertiary/aromatic N) is 3. The molecule has 176 valence electrons. The van der Waals surface area contributed by atoms with E-state index in [1.807, 2.05) is 6.07 Å². The smallest absolute Gasteiger partial charge is 0.213 e. The Hall–Kier alpha value is -2.45. The highest BCUT2D eigenvalue weighted by Gasteiger charge is 2.23. The first-order chi connectivity index (χ1) is 16.0. The van der Waals surface area contributed by atoms with E-state index in [1.54, 1.807) is 18.2 Å². The number of aromatic nitrogens is 3. The summed E-state index contributed by atoms with van der Waals surface area (Å²) in [5.41, 5.74) is 1.34. The molecule has 2 aromatic heterocycles. The minimum absolute atomic E-state index is 0.0738. The van der Waals surface area contributed by atoms with Crippen LogP contribution in [0.2, 0.25) is 0 Å². The molecule has 0 unspecified atom stereocenters. The minimum Gasteiger partial charge on any atom is -0.492 e. The maximum Gasteiger partial charge on any atom is 0.213 e. The summed E-state index contributed by atoms with van der Waals surface area (Å²) in [6.45, 7) is 2.87. The van der Waals surface area contributed by atoms with Crippen LogP contribution in [-0.2, 0) is 0 Å². The lowest BCUT2D eigenvalue weighted by Gasteiger charge is -2.27. The zero-order valence-electron chi connectivity index (χ0n) is 18.9. The zero-order valence-corrected chi connectivity index (χ0v) is 20.5. The zero-order chi connectivity index (χ0) is 23.2. The van der Waals surface area contributed by atoms with Gasteiger partial charge in [0.05, 0.1) is 29.2 Å². The second-order valence-corrected chi connectivity index (χ2v) is 9.48. The number of carbonyl (C=O) groups is 1. The molecule has 0 bridgehead atoms. The van der Waals surface area contributed by atoms with Crippen LogP contribution >= 0.6 is 15.9 Å². The van der Waals surface area contributed by atoms with Crippen molar-refractivity contribution in [1.29, 1.82) is 0 Å². The fourth-order valence-electron chi connectivity index (χ4n) is 4.19. The third kappa shape index (κ3) is 6.12. The van der Waals surface area contributed by atoms with Gasteiger partial charge in [-0.1, -0.05) is 6.07 Å². The number of ketones is 1. The second kappa shape index (κ2) is 11.1. The van der Waals surface area contributed by atoms with Crippen molar-refractivity contribution in [1.82, 2.24) is 14.8 Å². The molecule has 0 atom stereocenters. The van der Waals surface area contributed by atoms with Gasteiger partial charge in [0.1, 0.15) is 11.4 Å². The molecule has 1 aliphatic rings. The van der Waals surface area contributed by atoms with Gasteiger partial charge in [0.15, 0.2) is 5.78 Å². The predicted octanol–water partition coefficient (Wildman–Crippen LogP) is 5.36. The predicted molar refractivity (Wildman–Crippen MR) is 130 cm³/mol. The number of halogens is 1. The van der Waals surface area contributed by atoms with Gasteiger partial charge in [0, 0.05) is 37.2 Å². The average molecular weight is 516 g/mol. The summed E-state index contributed by atoms with van der Waals surface area (Å²) in [6, 6.07) is 9.66. The number of aliphatic hydroxyl groups is 1. The van der Waals surface area contributed by atoms with E-state index in [0.717, 1.165) is 59.7 Å². The molecule has 1 fully saturated rings. The molecule has 3 aromatic rings. The summed E-state index contributed by atoms with van der Waals surface area (Å²) < 4.78 is 14.6.